The summed E-state index contributed by atoms with van der Waals surface area (Å²) in [6, 6.07) is 0.114. The molecule has 3 rings (SSSR count). The van der Waals surface area contributed by atoms with Crippen molar-refractivity contribution in [2.45, 2.75) is 64.0 Å². The van der Waals surface area contributed by atoms with E-state index in [1.54, 1.807) is 0 Å². The Morgan fingerprint density at radius 2 is 1.91 bits per heavy atom. The predicted octanol–water partition coefficient (Wildman–Crippen LogP) is 2.04. The van der Waals surface area contributed by atoms with Crippen LogP contribution in [-0.4, -0.2) is 47.1 Å². The van der Waals surface area contributed by atoms with Crippen molar-refractivity contribution in [3.05, 3.63) is 0 Å². The van der Waals surface area contributed by atoms with E-state index < -0.39 is 11.4 Å². The highest BCUT2D eigenvalue weighted by Gasteiger charge is 2.55. The predicted molar refractivity (Wildman–Crippen MR) is 86.1 cm³/mol. The molecule has 22 heavy (non-hydrogen) atoms. The number of carboxylic acids is 1. The van der Waals surface area contributed by atoms with Gasteiger partial charge in [-0.05, 0) is 38.5 Å². The van der Waals surface area contributed by atoms with Crippen LogP contribution in [-0.2, 0) is 9.59 Å². The number of halogens is 1. The molecule has 0 aromatic carbocycles. The second kappa shape index (κ2) is 6.75. The Morgan fingerprint density at radius 3 is 2.50 bits per heavy atom. The first-order valence-electron chi connectivity index (χ1n) is 8.31. The molecule has 2 saturated carbocycles. The molecule has 3 aliphatic rings. The minimum absolute atomic E-state index is 0. The van der Waals surface area contributed by atoms with Gasteiger partial charge in [0.2, 0.25) is 5.91 Å². The lowest BCUT2D eigenvalue weighted by Crippen LogP contribution is -2.48. The zero-order valence-electron chi connectivity index (χ0n) is 13.2. The minimum atomic E-state index is -0.670. The Bertz CT molecular complexity index is 439. The van der Waals surface area contributed by atoms with E-state index in [-0.39, 0.29) is 30.3 Å². The highest BCUT2D eigenvalue weighted by Crippen LogP contribution is 2.49. The second-order valence-corrected chi connectivity index (χ2v) is 7.15. The van der Waals surface area contributed by atoms with Crippen LogP contribution >= 0.6 is 12.4 Å². The van der Waals surface area contributed by atoms with Crippen molar-refractivity contribution in [1.29, 1.82) is 0 Å². The number of carbonyl (C=O) groups excluding carboxylic acids is 1. The van der Waals surface area contributed by atoms with Gasteiger partial charge in [0.25, 0.3) is 0 Å². The number of amides is 1. The number of hydrogen-bond acceptors (Lipinski definition) is 3. The van der Waals surface area contributed by atoms with Crippen LogP contribution in [0.1, 0.15) is 51.9 Å². The summed E-state index contributed by atoms with van der Waals surface area (Å²) in [5.41, 5.74) is -0.595. The third-order valence-electron chi connectivity index (χ3n) is 5.95. The molecule has 1 unspecified atom stereocenters. The summed E-state index contributed by atoms with van der Waals surface area (Å²) < 4.78 is 0. The van der Waals surface area contributed by atoms with Crippen LogP contribution in [0.15, 0.2) is 0 Å². The van der Waals surface area contributed by atoms with E-state index in [0.717, 1.165) is 38.6 Å². The van der Waals surface area contributed by atoms with Gasteiger partial charge in [-0.3, -0.25) is 14.5 Å². The van der Waals surface area contributed by atoms with Crippen LogP contribution in [0.3, 0.4) is 0 Å². The molecule has 2 aliphatic carbocycles. The van der Waals surface area contributed by atoms with Gasteiger partial charge >= 0.3 is 5.97 Å². The number of hydrogen-bond donors (Lipinski definition) is 2. The molecular formula is C16H27ClN2O3. The molecule has 0 spiro atoms. The Balaban J connectivity index is 0.00000176. The Morgan fingerprint density at radius 1 is 1.23 bits per heavy atom. The summed E-state index contributed by atoms with van der Waals surface area (Å²) in [6.45, 7) is 3.21. The number of aliphatic carboxylic acids is 1. The number of carboxylic acid groups (broad SMARTS) is 1. The van der Waals surface area contributed by atoms with E-state index in [2.05, 4.69) is 10.2 Å². The molecule has 2 N–H and O–H groups in total. The van der Waals surface area contributed by atoms with Crippen molar-refractivity contribution in [1.82, 2.24) is 10.2 Å². The molecule has 0 bridgehead atoms. The van der Waals surface area contributed by atoms with E-state index in [1.165, 1.54) is 12.8 Å². The van der Waals surface area contributed by atoms with Crippen molar-refractivity contribution in [3.63, 3.8) is 0 Å². The van der Waals surface area contributed by atoms with Crippen molar-refractivity contribution in [2.75, 3.05) is 13.1 Å². The van der Waals surface area contributed by atoms with Crippen LogP contribution < -0.4 is 5.32 Å². The number of rotatable bonds is 4. The van der Waals surface area contributed by atoms with Crippen molar-refractivity contribution >= 4 is 24.3 Å². The Hall–Kier alpha value is -0.810. The molecule has 5 nitrogen and oxygen atoms in total. The molecular weight excluding hydrogens is 304 g/mol. The number of likely N-dealkylation sites (tertiary alicyclic amines) is 1. The molecule has 3 fully saturated rings. The van der Waals surface area contributed by atoms with Gasteiger partial charge < -0.3 is 10.4 Å². The summed E-state index contributed by atoms with van der Waals surface area (Å²) in [6.07, 6.45) is 7.33. The Kier molecular flexibility index (Phi) is 5.38. The second-order valence-electron chi connectivity index (χ2n) is 7.15. The normalized spacial score (nSPS) is 33.2. The SMILES string of the molecule is CC(C(=O)NC1CCCC1)N1C[C@@H]2CCC[C@@]2(C(=O)O)C1.Cl. The maximum Gasteiger partial charge on any atom is 0.311 e. The van der Waals surface area contributed by atoms with Gasteiger partial charge in [-0.15, -0.1) is 12.4 Å². The fourth-order valence-electron chi connectivity index (χ4n) is 4.53. The lowest BCUT2D eigenvalue weighted by atomic mass is 9.81. The summed E-state index contributed by atoms with van der Waals surface area (Å²) in [5.74, 6) is -0.380. The Labute approximate surface area is 138 Å². The third kappa shape index (κ3) is 2.98. The lowest BCUT2D eigenvalue weighted by molar-refractivity contribution is -0.149. The molecule has 1 amide bonds. The summed E-state index contributed by atoms with van der Waals surface area (Å²) in [7, 11) is 0. The third-order valence-corrected chi connectivity index (χ3v) is 5.95. The first kappa shape index (κ1) is 17.5. The monoisotopic (exact) mass is 330 g/mol. The number of carbonyl (C=O) groups is 2. The van der Waals surface area contributed by atoms with E-state index >= 15 is 0 Å². The highest BCUT2D eigenvalue weighted by atomic mass is 35.5. The smallest absolute Gasteiger partial charge is 0.311 e. The zero-order valence-corrected chi connectivity index (χ0v) is 14.0. The molecule has 6 heteroatoms. The first-order chi connectivity index (χ1) is 10.0. The van der Waals surface area contributed by atoms with E-state index in [0.29, 0.717) is 12.6 Å². The molecule has 1 heterocycles. The maximum absolute atomic E-state index is 12.4. The largest absolute Gasteiger partial charge is 0.481 e. The van der Waals surface area contributed by atoms with E-state index in [4.69, 9.17) is 0 Å². The quantitative estimate of drug-likeness (QED) is 0.827. The van der Waals surface area contributed by atoms with Crippen molar-refractivity contribution < 1.29 is 14.7 Å². The molecule has 1 saturated heterocycles. The van der Waals surface area contributed by atoms with Gasteiger partial charge in [0, 0.05) is 19.1 Å². The highest BCUT2D eigenvalue weighted by molar-refractivity contribution is 5.85. The minimum Gasteiger partial charge on any atom is -0.481 e. The molecule has 0 aromatic rings. The van der Waals surface area contributed by atoms with Gasteiger partial charge in [0.1, 0.15) is 0 Å². The lowest BCUT2D eigenvalue weighted by Gasteiger charge is -2.27. The van der Waals surface area contributed by atoms with Gasteiger partial charge in [-0.1, -0.05) is 19.3 Å². The summed E-state index contributed by atoms with van der Waals surface area (Å²) in [4.78, 5) is 26.2. The molecule has 1 aliphatic heterocycles. The molecule has 126 valence electrons. The van der Waals surface area contributed by atoms with Gasteiger partial charge in [-0.25, -0.2) is 0 Å². The maximum atomic E-state index is 12.4. The summed E-state index contributed by atoms with van der Waals surface area (Å²) in [5, 5.41) is 12.7. The number of nitrogens with one attached hydrogen (secondary N) is 1. The molecule has 0 radical (unpaired) electrons. The number of fused-ring (bicyclic) bond motifs is 1. The average Bonchev–Trinajstić information content (AvgIpc) is 3.11. The first-order valence-corrected chi connectivity index (χ1v) is 8.31. The zero-order chi connectivity index (χ0) is 15.0. The summed E-state index contributed by atoms with van der Waals surface area (Å²) >= 11 is 0. The van der Waals surface area contributed by atoms with Crippen LogP contribution in [0.25, 0.3) is 0 Å². The van der Waals surface area contributed by atoms with Crippen LogP contribution in [0, 0.1) is 11.3 Å². The topological polar surface area (TPSA) is 69.6 Å². The van der Waals surface area contributed by atoms with Crippen molar-refractivity contribution in [2.24, 2.45) is 11.3 Å². The van der Waals surface area contributed by atoms with Crippen LogP contribution in [0.2, 0.25) is 0 Å². The van der Waals surface area contributed by atoms with E-state index in [1.807, 2.05) is 6.92 Å². The standard InChI is InChI=1S/C16H26N2O3.ClH/c1-11(14(19)17-13-6-2-3-7-13)18-9-12-5-4-8-16(12,10-18)15(20)21;/h11-13H,2-10H2,1H3,(H,17,19)(H,20,21);1H/t11?,12-,16+;/m0./s1. The van der Waals surface area contributed by atoms with Gasteiger partial charge in [0.15, 0.2) is 0 Å². The van der Waals surface area contributed by atoms with Crippen LogP contribution in [0.5, 0.6) is 0 Å². The van der Waals surface area contributed by atoms with Crippen LogP contribution in [0.4, 0.5) is 0 Å². The van der Waals surface area contributed by atoms with Crippen molar-refractivity contribution in [3.8, 4) is 0 Å². The fraction of sp³-hybridized carbons (Fsp3) is 0.875. The molecule has 3 atom stereocenters. The van der Waals surface area contributed by atoms with Gasteiger partial charge in [0.05, 0.1) is 11.5 Å². The number of nitrogens with zero attached hydrogens (tertiary/aromatic N) is 1. The van der Waals surface area contributed by atoms with E-state index in [9.17, 15) is 14.7 Å². The average molecular weight is 331 g/mol. The van der Waals surface area contributed by atoms with Gasteiger partial charge in [-0.2, -0.15) is 0 Å². The molecule has 0 aromatic heterocycles. The fourth-order valence-corrected chi connectivity index (χ4v) is 4.53.